The van der Waals surface area contributed by atoms with Crippen molar-refractivity contribution >= 4 is 5.91 Å². The highest BCUT2D eigenvalue weighted by Gasteiger charge is 2.04. The largest absolute Gasteiger partial charge is 0.382 e. The Bertz CT molecular complexity index is 535. The quantitative estimate of drug-likeness (QED) is 0.756. The number of ether oxygens (including phenoxy) is 1. The lowest BCUT2D eigenvalue weighted by molar-refractivity contribution is 0.0944. The molecule has 112 valence electrons. The standard InChI is InChI=1S/C16H21N3O2/c1-2-21-12-4-9-17-16(20)15-7-5-14(6-8-15)13-19-11-3-10-18-19/h3,5-8,10-11H,2,4,9,12-13H2,1H3,(H,17,20). The van der Waals surface area contributed by atoms with E-state index < -0.39 is 0 Å². The van der Waals surface area contributed by atoms with E-state index in [1.54, 1.807) is 6.20 Å². The zero-order chi connectivity index (χ0) is 14.9. The molecule has 0 spiro atoms. The molecule has 0 aliphatic rings. The van der Waals surface area contributed by atoms with E-state index in [2.05, 4.69) is 10.4 Å². The molecule has 0 radical (unpaired) electrons. The minimum atomic E-state index is -0.0443. The predicted octanol–water partition coefficient (Wildman–Crippen LogP) is 2.09. The highest BCUT2D eigenvalue weighted by atomic mass is 16.5. The Hall–Kier alpha value is -2.14. The van der Waals surface area contributed by atoms with Crippen LogP contribution in [0.4, 0.5) is 0 Å². The summed E-state index contributed by atoms with van der Waals surface area (Å²) in [6, 6.07) is 9.49. The molecule has 0 aliphatic carbocycles. The average molecular weight is 287 g/mol. The van der Waals surface area contributed by atoms with E-state index in [9.17, 15) is 4.79 Å². The molecule has 5 nitrogen and oxygen atoms in total. The van der Waals surface area contributed by atoms with Gasteiger partial charge in [0.1, 0.15) is 0 Å². The lowest BCUT2D eigenvalue weighted by atomic mass is 10.1. The first-order chi connectivity index (χ1) is 10.3. The highest BCUT2D eigenvalue weighted by molar-refractivity contribution is 5.94. The molecule has 1 N–H and O–H groups in total. The van der Waals surface area contributed by atoms with Crippen molar-refractivity contribution < 1.29 is 9.53 Å². The molecule has 1 aromatic carbocycles. The van der Waals surface area contributed by atoms with Crippen LogP contribution in [0.3, 0.4) is 0 Å². The van der Waals surface area contributed by atoms with Gasteiger partial charge in [-0.2, -0.15) is 5.10 Å². The van der Waals surface area contributed by atoms with Gasteiger partial charge in [0.05, 0.1) is 6.54 Å². The summed E-state index contributed by atoms with van der Waals surface area (Å²) in [5, 5.41) is 7.05. The summed E-state index contributed by atoms with van der Waals surface area (Å²) in [5.41, 5.74) is 1.79. The molecular formula is C16H21N3O2. The van der Waals surface area contributed by atoms with Gasteiger partial charge in [0.15, 0.2) is 0 Å². The minimum Gasteiger partial charge on any atom is -0.382 e. The number of rotatable bonds is 8. The van der Waals surface area contributed by atoms with Crippen LogP contribution in [0.25, 0.3) is 0 Å². The fraction of sp³-hybridized carbons (Fsp3) is 0.375. The number of amides is 1. The maximum atomic E-state index is 11.9. The molecule has 0 aliphatic heterocycles. The van der Waals surface area contributed by atoms with Gasteiger partial charge in [0.2, 0.25) is 0 Å². The first-order valence-corrected chi connectivity index (χ1v) is 7.22. The Kier molecular flexibility index (Phi) is 5.97. The number of hydrogen-bond donors (Lipinski definition) is 1. The van der Waals surface area contributed by atoms with Gasteiger partial charge in [0.25, 0.3) is 5.91 Å². The fourth-order valence-electron chi connectivity index (χ4n) is 1.97. The molecule has 1 amide bonds. The second-order valence-corrected chi connectivity index (χ2v) is 4.71. The zero-order valence-corrected chi connectivity index (χ0v) is 12.3. The van der Waals surface area contributed by atoms with Gasteiger partial charge in [-0.3, -0.25) is 9.48 Å². The van der Waals surface area contributed by atoms with Crippen molar-refractivity contribution in [2.24, 2.45) is 0 Å². The molecule has 0 fully saturated rings. The summed E-state index contributed by atoms with van der Waals surface area (Å²) in [6.45, 7) is 4.70. The zero-order valence-electron chi connectivity index (χ0n) is 12.3. The number of nitrogens with one attached hydrogen (secondary N) is 1. The van der Waals surface area contributed by atoms with Crippen LogP contribution >= 0.6 is 0 Å². The van der Waals surface area contributed by atoms with Gasteiger partial charge < -0.3 is 10.1 Å². The van der Waals surface area contributed by atoms with Crippen LogP contribution in [-0.2, 0) is 11.3 Å². The Labute approximate surface area is 124 Å². The van der Waals surface area contributed by atoms with E-state index in [1.807, 2.05) is 48.1 Å². The third-order valence-corrected chi connectivity index (χ3v) is 3.08. The minimum absolute atomic E-state index is 0.0443. The van der Waals surface area contributed by atoms with E-state index in [0.29, 0.717) is 31.9 Å². The van der Waals surface area contributed by atoms with Crippen LogP contribution in [-0.4, -0.2) is 35.4 Å². The first kappa shape index (κ1) is 15.3. The number of carbonyl (C=O) groups excluding carboxylic acids is 1. The topological polar surface area (TPSA) is 56.1 Å². The average Bonchev–Trinajstić information content (AvgIpc) is 3.00. The molecule has 0 saturated heterocycles. The van der Waals surface area contributed by atoms with Crippen molar-refractivity contribution in [1.82, 2.24) is 15.1 Å². The third-order valence-electron chi connectivity index (χ3n) is 3.08. The van der Waals surface area contributed by atoms with E-state index in [-0.39, 0.29) is 5.91 Å². The predicted molar refractivity (Wildman–Crippen MR) is 81.2 cm³/mol. The van der Waals surface area contributed by atoms with Gasteiger partial charge in [-0.05, 0) is 37.1 Å². The van der Waals surface area contributed by atoms with Gasteiger partial charge in [0, 0.05) is 37.7 Å². The van der Waals surface area contributed by atoms with Crippen molar-refractivity contribution in [3.8, 4) is 0 Å². The monoisotopic (exact) mass is 287 g/mol. The number of benzene rings is 1. The summed E-state index contributed by atoms with van der Waals surface area (Å²) in [5.74, 6) is -0.0443. The van der Waals surface area contributed by atoms with Crippen molar-refractivity contribution in [1.29, 1.82) is 0 Å². The normalized spacial score (nSPS) is 10.5. The molecule has 0 bridgehead atoms. The SMILES string of the molecule is CCOCCCNC(=O)c1ccc(Cn2cccn2)cc1. The van der Waals surface area contributed by atoms with Gasteiger partial charge in [-0.25, -0.2) is 0 Å². The lowest BCUT2D eigenvalue weighted by Gasteiger charge is -2.07. The van der Waals surface area contributed by atoms with E-state index in [0.717, 1.165) is 12.0 Å². The van der Waals surface area contributed by atoms with Gasteiger partial charge in [-0.1, -0.05) is 12.1 Å². The smallest absolute Gasteiger partial charge is 0.251 e. The van der Waals surface area contributed by atoms with E-state index >= 15 is 0 Å². The van der Waals surface area contributed by atoms with E-state index in [1.165, 1.54) is 0 Å². The summed E-state index contributed by atoms with van der Waals surface area (Å²) in [4.78, 5) is 11.9. The summed E-state index contributed by atoms with van der Waals surface area (Å²) >= 11 is 0. The van der Waals surface area contributed by atoms with Crippen LogP contribution in [0.15, 0.2) is 42.7 Å². The molecule has 21 heavy (non-hydrogen) atoms. The second-order valence-electron chi connectivity index (χ2n) is 4.71. The molecule has 0 saturated carbocycles. The van der Waals surface area contributed by atoms with Gasteiger partial charge in [-0.15, -0.1) is 0 Å². The van der Waals surface area contributed by atoms with Crippen molar-refractivity contribution in [2.45, 2.75) is 19.9 Å². The molecule has 0 unspecified atom stereocenters. The maximum Gasteiger partial charge on any atom is 0.251 e. The number of aromatic nitrogens is 2. The fourth-order valence-corrected chi connectivity index (χ4v) is 1.97. The number of hydrogen-bond acceptors (Lipinski definition) is 3. The third kappa shape index (κ3) is 5.04. The van der Waals surface area contributed by atoms with Crippen LogP contribution in [0, 0.1) is 0 Å². The lowest BCUT2D eigenvalue weighted by Crippen LogP contribution is -2.25. The summed E-state index contributed by atoms with van der Waals surface area (Å²) < 4.78 is 7.08. The Morgan fingerprint density at radius 3 is 2.81 bits per heavy atom. The first-order valence-electron chi connectivity index (χ1n) is 7.22. The van der Waals surface area contributed by atoms with Gasteiger partial charge >= 0.3 is 0 Å². The summed E-state index contributed by atoms with van der Waals surface area (Å²) in [6.07, 6.45) is 4.50. The highest BCUT2D eigenvalue weighted by Crippen LogP contribution is 2.06. The van der Waals surface area contributed by atoms with Crippen molar-refractivity contribution in [3.63, 3.8) is 0 Å². The van der Waals surface area contributed by atoms with E-state index in [4.69, 9.17) is 4.74 Å². The molecule has 0 atom stereocenters. The van der Waals surface area contributed by atoms with Crippen LogP contribution in [0.1, 0.15) is 29.3 Å². The maximum absolute atomic E-state index is 11.9. The molecular weight excluding hydrogens is 266 g/mol. The molecule has 5 heteroatoms. The Balaban J connectivity index is 1.79. The summed E-state index contributed by atoms with van der Waals surface area (Å²) in [7, 11) is 0. The number of carbonyl (C=O) groups is 1. The second kappa shape index (κ2) is 8.21. The molecule has 2 aromatic rings. The van der Waals surface area contributed by atoms with Crippen molar-refractivity contribution in [2.75, 3.05) is 19.8 Å². The van der Waals surface area contributed by atoms with Crippen molar-refractivity contribution in [3.05, 3.63) is 53.9 Å². The molecule has 1 aromatic heterocycles. The van der Waals surface area contributed by atoms with Crippen LogP contribution < -0.4 is 5.32 Å². The molecule has 1 heterocycles. The van der Waals surface area contributed by atoms with Crippen LogP contribution in [0.5, 0.6) is 0 Å². The Morgan fingerprint density at radius 1 is 1.33 bits per heavy atom. The molecule has 2 rings (SSSR count). The van der Waals surface area contributed by atoms with Crippen LogP contribution in [0.2, 0.25) is 0 Å². The number of nitrogens with zero attached hydrogens (tertiary/aromatic N) is 2. The Morgan fingerprint density at radius 2 is 2.14 bits per heavy atom.